The van der Waals surface area contributed by atoms with E-state index in [1.165, 1.54) is 0 Å². The quantitative estimate of drug-likeness (QED) is 0.583. The van der Waals surface area contributed by atoms with Crippen molar-refractivity contribution in [2.45, 2.75) is 39.1 Å². The Hall–Kier alpha value is -0.210. The van der Waals surface area contributed by atoms with Gasteiger partial charge in [-0.05, 0) is 12.8 Å². The Labute approximate surface area is 78.5 Å². The van der Waals surface area contributed by atoms with Gasteiger partial charge >= 0.3 is 10.4 Å². The summed E-state index contributed by atoms with van der Waals surface area (Å²) in [4.78, 5) is 0. The van der Waals surface area contributed by atoms with Crippen molar-refractivity contribution in [1.29, 1.82) is 0 Å². The molecule has 0 aliphatic heterocycles. The first-order chi connectivity index (χ1) is 5.91. The van der Waals surface area contributed by atoms with Crippen LogP contribution in [0.15, 0.2) is 0 Å². The number of rotatable bonds is 6. The first kappa shape index (κ1) is 12.8. The second kappa shape index (κ2) is 5.51. The first-order valence-corrected chi connectivity index (χ1v) is 5.37. The van der Waals surface area contributed by atoms with E-state index in [4.69, 9.17) is 11.5 Å². The fraction of sp³-hybridized carbons (Fsp3) is 1.00. The standard InChI is InChI=1S/C6H16N2O4S/c1-3-5(7)11-13(9,10)12-6(8)4-2/h5-6H,3-4,7-8H2,1-2H3. The molecule has 0 aromatic rings. The van der Waals surface area contributed by atoms with Gasteiger partial charge in [0.05, 0.1) is 0 Å². The van der Waals surface area contributed by atoms with E-state index < -0.39 is 22.9 Å². The van der Waals surface area contributed by atoms with Crippen LogP contribution in [0.2, 0.25) is 0 Å². The predicted octanol–water partition coefficient (Wildman–Crippen LogP) is -0.346. The Morgan fingerprint density at radius 2 is 1.38 bits per heavy atom. The summed E-state index contributed by atoms with van der Waals surface area (Å²) in [7, 11) is -4.05. The lowest BCUT2D eigenvalue weighted by molar-refractivity contribution is 0.124. The fourth-order valence-corrected chi connectivity index (χ4v) is 1.38. The van der Waals surface area contributed by atoms with E-state index in [0.29, 0.717) is 12.8 Å². The molecule has 80 valence electrons. The molecule has 2 atom stereocenters. The largest absolute Gasteiger partial charge is 0.402 e. The Kier molecular flexibility index (Phi) is 5.42. The lowest BCUT2D eigenvalue weighted by atomic mass is 10.5. The van der Waals surface area contributed by atoms with E-state index in [9.17, 15) is 8.42 Å². The molecule has 0 spiro atoms. The number of hydrogen-bond donors (Lipinski definition) is 2. The zero-order valence-electron chi connectivity index (χ0n) is 7.76. The molecule has 7 heteroatoms. The van der Waals surface area contributed by atoms with Gasteiger partial charge in [-0.1, -0.05) is 13.8 Å². The molecular formula is C6H16N2O4S. The maximum Gasteiger partial charge on any atom is 0.402 e. The van der Waals surface area contributed by atoms with Gasteiger partial charge < -0.3 is 11.5 Å². The SMILES string of the molecule is CCC(N)OS(=O)(=O)OC(N)CC. The molecular weight excluding hydrogens is 196 g/mol. The highest BCUT2D eigenvalue weighted by atomic mass is 32.3. The normalized spacial score (nSPS) is 16.9. The molecule has 2 unspecified atom stereocenters. The molecule has 0 saturated carbocycles. The van der Waals surface area contributed by atoms with Crippen LogP contribution in [0.5, 0.6) is 0 Å². The van der Waals surface area contributed by atoms with E-state index in [1.807, 2.05) is 0 Å². The summed E-state index contributed by atoms with van der Waals surface area (Å²) < 4.78 is 30.7. The second-order valence-corrected chi connectivity index (χ2v) is 3.70. The third kappa shape index (κ3) is 5.94. The molecule has 0 aromatic carbocycles. The van der Waals surface area contributed by atoms with Crippen LogP contribution in [0.4, 0.5) is 0 Å². The summed E-state index contributed by atoms with van der Waals surface area (Å²) >= 11 is 0. The van der Waals surface area contributed by atoms with Crippen LogP contribution in [0.25, 0.3) is 0 Å². The third-order valence-electron chi connectivity index (χ3n) is 1.29. The molecule has 13 heavy (non-hydrogen) atoms. The fourth-order valence-electron chi connectivity index (χ4n) is 0.462. The Bertz CT molecular complexity index is 211. The molecule has 0 rings (SSSR count). The van der Waals surface area contributed by atoms with Gasteiger partial charge in [-0.3, -0.25) is 0 Å². The minimum Gasteiger partial charge on any atom is -0.305 e. The molecule has 0 aliphatic carbocycles. The van der Waals surface area contributed by atoms with Crippen molar-refractivity contribution in [3.8, 4) is 0 Å². The van der Waals surface area contributed by atoms with Crippen molar-refractivity contribution >= 4 is 10.4 Å². The van der Waals surface area contributed by atoms with Gasteiger partial charge in [-0.2, -0.15) is 8.42 Å². The molecule has 0 aliphatic rings. The minimum atomic E-state index is -4.05. The first-order valence-electron chi connectivity index (χ1n) is 4.04. The monoisotopic (exact) mass is 212 g/mol. The summed E-state index contributed by atoms with van der Waals surface area (Å²) in [5.41, 5.74) is 10.5. The predicted molar refractivity (Wildman–Crippen MR) is 47.6 cm³/mol. The van der Waals surface area contributed by atoms with E-state index in [-0.39, 0.29) is 0 Å². The topological polar surface area (TPSA) is 105 Å². The molecule has 0 saturated heterocycles. The highest BCUT2D eigenvalue weighted by molar-refractivity contribution is 7.81. The maximum atomic E-state index is 11.0. The van der Waals surface area contributed by atoms with Crippen LogP contribution in [-0.4, -0.2) is 20.9 Å². The van der Waals surface area contributed by atoms with Crippen LogP contribution in [-0.2, 0) is 18.8 Å². The zero-order valence-corrected chi connectivity index (χ0v) is 8.58. The van der Waals surface area contributed by atoms with Gasteiger partial charge in [0.25, 0.3) is 0 Å². The Balaban J connectivity index is 4.09. The average Bonchev–Trinajstić information content (AvgIpc) is 2.02. The van der Waals surface area contributed by atoms with Crippen molar-refractivity contribution in [3.63, 3.8) is 0 Å². The maximum absolute atomic E-state index is 11.0. The molecule has 0 fully saturated rings. The van der Waals surface area contributed by atoms with E-state index in [1.54, 1.807) is 13.8 Å². The lowest BCUT2D eigenvalue weighted by Gasteiger charge is -2.13. The van der Waals surface area contributed by atoms with Gasteiger partial charge in [0.2, 0.25) is 0 Å². The van der Waals surface area contributed by atoms with E-state index >= 15 is 0 Å². The van der Waals surface area contributed by atoms with Gasteiger partial charge in [0.1, 0.15) is 12.5 Å². The van der Waals surface area contributed by atoms with Crippen molar-refractivity contribution in [2.75, 3.05) is 0 Å². The van der Waals surface area contributed by atoms with Gasteiger partial charge in [0.15, 0.2) is 0 Å². The second-order valence-electron chi connectivity index (χ2n) is 2.49. The van der Waals surface area contributed by atoms with Crippen molar-refractivity contribution in [3.05, 3.63) is 0 Å². The zero-order chi connectivity index (χ0) is 10.5. The van der Waals surface area contributed by atoms with Crippen molar-refractivity contribution in [1.82, 2.24) is 0 Å². The Morgan fingerprint density at radius 1 is 1.08 bits per heavy atom. The lowest BCUT2D eigenvalue weighted by Crippen LogP contribution is -2.32. The summed E-state index contributed by atoms with van der Waals surface area (Å²) in [6.45, 7) is 3.39. The third-order valence-corrected chi connectivity index (χ3v) is 2.25. The van der Waals surface area contributed by atoms with Crippen LogP contribution in [0.1, 0.15) is 26.7 Å². The summed E-state index contributed by atoms with van der Waals surface area (Å²) in [6.07, 6.45) is -1.00. The van der Waals surface area contributed by atoms with Crippen LogP contribution in [0.3, 0.4) is 0 Å². The number of hydrogen-bond acceptors (Lipinski definition) is 6. The molecule has 6 nitrogen and oxygen atoms in total. The van der Waals surface area contributed by atoms with Gasteiger partial charge in [-0.25, -0.2) is 8.37 Å². The molecule has 0 amide bonds. The molecule has 4 N–H and O–H groups in total. The molecule has 0 bridgehead atoms. The highest BCUT2D eigenvalue weighted by Crippen LogP contribution is 2.04. The van der Waals surface area contributed by atoms with Crippen molar-refractivity contribution in [2.24, 2.45) is 11.5 Å². The number of nitrogens with two attached hydrogens (primary N) is 2. The molecule has 0 heterocycles. The van der Waals surface area contributed by atoms with Gasteiger partial charge in [0, 0.05) is 0 Å². The summed E-state index contributed by atoms with van der Waals surface area (Å²) in [5, 5.41) is 0. The average molecular weight is 212 g/mol. The van der Waals surface area contributed by atoms with Gasteiger partial charge in [-0.15, -0.1) is 0 Å². The minimum absolute atomic E-state index is 0.379. The van der Waals surface area contributed by atoms with Crippen LogP contribution >= 0.6 is 0 Å². The summed E-state index contributed by atoms with van der Waals surface area (Å²) in [6, 6.07) is 0. The van der Waals surface area contributed by atoms with Crippen LogP contribution < -0.4 is 11.5 Å². The smallest absolute Gasteiger partial charge is 0.305 e. The van der Waals surface area contributed by atoms with E-state index in [0.717, 1.165) is 0 Å². The van der Waals surface area contributed by atoms with Crippen molar-refractivity contribution < 1.29 is 16.8 Å². The molecule has 0 aromatic heterocycles. The molecule has 0 radical (unpaired) electrons. The summed E-state index contributed by atoms with van der Waals surface area (Å²) in [5.74, 6) is 0. The van der Waals surface area contributed by atoms with E-state index in [2.05, 4.69) is 8.37 Å². The Morgan fingerprint density at radius 3 is 1.62 bits per heavy atom. The van der Waals surface area contributed by atoms with Crippen LogP contribution in [0, 0.1) is 0 Å². The highest BCUT2D eigenvalue weighted by Gasteiger charge is 2.19.